The van der Waals surface area contributed by atoms with E-state index in [2.05, 4.69) is 9.97 Å². The first-order valence-corrected chi connectivity index (χ1v) is 6.99. The fraction of sp³-hybridized carbons (Fsp3) is 0.167. The minimum absolute atomic E-state index is 0.122. The molecule has 2 aromatic rings. The number of hydrogen-bond donors (Lipinski definition) is 1. The first-order chi connectivity index (χ1) is 8.52. The van der Waals surface area contributed by atoms with Crippen LogP contribution in [0.3, 0.4) is 0 Å². The van der Waals surface area contributed by atoms with Gasteiger partial charge in [-0.05, 0) is 30.2 Å². The van der Waals surface area contributed by atoms with Crippen LogP contribution in [-0.4, -0.2) is 18.4 Å². The Balaban J connectivity index is 2.58. The lowest BCUT2D eigenvalue weighted by Crippen LogP contribution is -2.12. The van der Waals surface area contributed by atoms with Gasteiger partial charge >= 0.3 is 0 Å². The molecule has 0 atom stereocenters. The number of hydrogen-bond acceptors (Lipinski definition) is 4. The largest absolute Gasteiger partial charge is 0.245 e. The number of primary sulfonamides is 1. The third-order valence-electron chi connectivity index (χ3n) is 2.64. The molecule has 18 heavy (non-hydrogen) atoms. The normalized spacial score (nSPS) is 11.4. The van der Waals surface area contributed by atoms with E-state index in [4.69, 9.17) is 5.14 Å². The lowest BCUT2D eigenvalue weighted by molar-refractivity contribution is 0.597. The summed E-state index contributed by atoms with van der Waals surface area (Å²) in [6.07, 6.45) is 3.81. The number of aromatic nitrogens is 2. The zero-order valence-electron chi connectivity index (χ0n) is 9.87. The van der Waals surface area contributed by atoms with E-state index in [0.29, 0.717) is 6.42 Å². The van der Waals surface area contributed by atoms with Gasteiger partial charge in [0.25, 0.3) is 0 Å². The molecule has 0 unspecified atom stereocenters. The number of aryl methyl sites for hydroxylation is 1. The molecule has 0 aliphatic carbocycles. The number of nitrogens with zero attached hydrogens (tertiary/aromatic N) is 2. The van der Waals surface area contributed by atoms with Crippen LogP contribution in [0.5, 0.6) is 0 Å². The number of benzene rings is 1. The van der Waals surface area contributed by atoms with Gasteiger partial charge in [0, 0.05) is 11.8 Å². The molecule has 1 heterocycles. The molecule has 0 aliphatic rings. The van der Waals surface area contributed by atoms with Crippen molar-refractivity contribution in [1.29, 1.82) is 0 Å². The standard InChI is InChI=1S/C12H13N3O2S/c1-2-9-7-10(18(13,16)17)3-4-11(9)12-5-6-14-8-15-12/h3-8H,2H2,1H3,(H2,13,16,17). The highest BCUT2D eigenvalue weighted by Crippen LogP contribution is 2.24. The predicted octanol–water partition coefficient (Wildman–Crippen LogP) is 1.35. The summed E-state index contributed by atoms with van der Waals surface area (Å²) in [6, 6.07) is 6.59. The van der Waals surface area contributed by atoms with E-state index < -0.39 is 10.0 Å². The summed E-state index contributed by atoms with van der Waals surface area (Å²) in [4.78, 5) is 8.14. The summed E-state index contributed by atoms with van der Waals surface area (Å²) in [5.41, 5.74) is 2.55. The fourth-order valence-corrected chi connectivity index (χ4v) is 2.30. The van der Waals surface area contributed by atoms with Crippen LogP contribution in [-0.2, 0) is 16.4 Å². The van der Waals surface area contributed by atoms with Crippen molar-refractivity contribution in [3.63, 3.8) is 0 Å². The molecule has 0 radical (unpaired) electrons. The Morgan fingerprint density at radius 2 is 2.06 bits per heavy atom. The molecule has 6 heteroatoms. The molecule has 0 saturated carbocycles. The van der Waals surface area contributed by atoms with Crippen LogP contribution >= 0.6 is 0 Å². The van der Waals surface area contributed by atoms with Gasteiger partial charge in [0.1, 0.15) is 6.33 Å². The Morgan fingerprint density at radius 3 is 2.61 bits per heavy atom. The van der Waals surface area contributed by atoms with Gasteiger partial charge in [0.2, 0.25) is 10.0 Å². The molecule has 0 fully saturated rings. The van der Waals surface area contributed by atoms with Crippen molar-refractivity contribution in [3.8, 4) is 11.3 Å². The van der Waals surface area contributed by atoms with Gasteiger partial charge in [0.15, 0.2) is 0 Å². The molecule has 2 N–H and O–H groups in total. The molecule has 1 aromatic heterocycles. The number of sulfonamides is 1. The molecule has 0 spiro atoms. The van der Waals surface area contributed by atoms with Crippen molar-refractivity contribution in [2.24, 2.45) is 5.14 Å². The van der Waals surface area contributed by atoms with Gasteiger partial charge < -0.3 is 0 Å². The van der Waals surface area contributed by atoms with E-state index in [1.165, 1.54) is 12.4 Å². The fourth-order valence-electron chi connectivity index (χ4n) is 1.74. The Bertz CT molecular complexity index is 654. The van der Waals surface area contributed by atoms with E-state index >= 15 is 0 Å². The maximum Gasteiger partial charge on any atom is 0.238 e. The van der Waals surface area contributed by atoms with Gasteiger partial charge in [-0.25, -0.2) is 23.5 Å². The zero-order chi connectivity index (χ0) is 13.2. The summed E-state index contributed by atoms with van der Waals surface area (Å²) in [5, 5.41) is 5.12. The highest BCUT2D eigenvalue weighted by atomic mass is 32.2. The van der Waals surface area contributed by atoms with Gasteiger partial charge in [-0.15, -0.1) is 0 Å². The molecule has 0 saturated heterocycles. The van der Waals surface area contributed by atoms with Crippen LogP contribution < -0.4 is 5.14 Å². The van der Waals surface area contributed by atoms with Crippen molar-refractivity contribution in [2.75, 3.05) is 0 Å². The zero-order valence-corrected chi connectivity index (χ0v) is 10.7. The Kier molecular flexibility index (Phi) is 3.40. The van der Waals surface area contributed by atoms with E-state index in [1.54, 1.807) is 24.4 Å². The van der Waals surface area contributed by atoms with Crippen LogP contribution in [0.25, 0.3) is 11.3 Å². The summed E-state index contributed by atoms with van der Waals surface area (Å²) in [7, 11) is -3.67. The van der Waals surface area contributed by atoms with Crippen molar-refractivity contribution in [2.45, 2.75) is 18.2 Å². The average molecular weight is 263 g/mol. The lowest BCUT2D eigenvalue weighted by atomic mass is 10.0. The van der Waals surface area contributed by atoms with E-state index in [1.807, 2.05) is 6.92 Å². The average Bonchev–Trinajstić information content (AvgIpc) is 2.38. The van der Waals surface area contributed by atoms with Crippen molar-refractivity contribution in [1.82, 2.24) is 9.97 Å². The molecular formula is C12H13N3O2S. The number of nitrogens with two attached hydrogens (primary N) is 1. The van der Waals surface area contributed by atoms with Crippen LogP contribution in [0, 0.1) is 0 Å². The summed E-state index contributed by atoms with van der Waals surface area (Å²) in [6.45, 7) is 1.95. The first-order valence-electron chi connectivity index (χ1n) is 5.44. The first kappa shape index (κ1) is 12.7. The van der Waals surface area contributed by atoms with E-state index in [-0.39, 0.29) is 4.90 Å². The lowest BCUT2D eigenvalue weighted by Gasteiger charge is -2.08. The molecule has 0 amide bonds. The topological polar surface area (TPSA) is 85.9 Å². The van der Waals surface area contributed by atoms with Gasteiger partial charge in [-0.3, -0.25) is 0 Å². The second-order valence-corrected chi connectivity index (χ2v) is 5.37. The third kappa shape index (κ3) is 2.55. The third-order valence-corrected chi connectivity index (χ3v) is 3.56. The predicted molar refractivity (Wildman–Crippen MR) is 68.2 cm³/mol. The molecule has 2 rings (SSSR count). The van der Waals surface area contributed by atoms with E-state index in [9.17, 15) is 8.42 Å². The highest BCUT2D eigenvalue weighted by Gasteiger charge is 2.12. The summed E-state index contributed by atoms with van der Waals surface area (Å²) >= 11 is 0. The Morgan fingerprint density at radius 1 is 1.28 bits per heavy atom. The van der Waals surface area contributed by atoms with Gasteiger partial charge in [0.05, 0.1) is 10.6 Å². The maximum atomic E-state index is 11.3. The van der Waals surface area contributed by atoms with Crippen molar-refractivity contribution < 1.29 is 8.42 Å². The van der Waals surface area contributed by atoms with Crippen molar-refractivity contribution in [3.05, 3.63) is 42.4 Å². The maximum absolute atomic E-state index is 11.3. The van der Waals surface area contributed by atoms with Gasteiger partial charge in [-0.1, -0.05) is 13.0 Å². The highest BCUT2D eigenvalue weighted by molar-refractivity contribution is 7.89. The minimum atomic E-state index is -3.67. The second kappa shape index (κ2) is 4.83. The quantitative estimate of drug-likeness (QED) is 0.905. The molecule has 0 bridgehead atoms. The monoisotopic (exact) mass is 263 g/mol. The van der Waals surface area contributed by atoms with Crippen LogP contribution in [0.4, 0.5) is 0 Å². The van der Waals surface area contributed by atoms with Gasteiger partial charge in [-0.2, -0.15) is 0 Å². The molecular weight excluding hydrogens is 250 g/mol. The summed E-state index contributed by atoms with van der Waals surface area (Å²) < 4.78 is 22.6. The van der Waals surface area contributed by atoms with Crippen molar-refractivity contribution >= 4 is 10.0 Å². The Labute approximate surface area is 106 Å². The molecule has 94 valence electrons. The van der Waals surface area contributed by atoms with Crippen LogP contribution in [0.15, 0.2) is 41.7 Å². The second-order valence-electron chi connectivity index (χ2n) is 3.81. The smallest absolute Gasteiger partial charge is 0.238 e. The molecule has 5 nitrogen and oxygen atoms in total. The minimum Gasteiger partial charge on any atom is -0.245 e. The van der Waals surface area contributed by atoms with E-state index in [0.717, 1.165) is 16.8 Å². The van der Waals surface area contributed by atoms with Crippen LogP contribution in [0.1, 0.15) is 12.5 Å². The van der Waals surface area contributed by atoms with Crippen LogP contribution in [0.2, 0.25) is 0 Å². The Hall–Kier alpha value is -1.79. The molecule has 0 aliphatic heterocycles. The SMILES string of the molecule is CCc1cc(S(N)(=O)=O)ccc1-c1ccncn1. The molecule has 1 aromatic carbocycles. The number of rotatable bonds is 3. The summed E-state index contributed by atoms with van der Waals surface area (Å²) in [5.74, 6) is 0.